The summed E-state index contributed by atoms with van der Waals surface area (Å²) in [6.07, 6.45) is 3.50. The molecule has 1 aromatic carbocycles. The summed E-state index contributed by atoms with van der Waals surface area (Å²) in [6, 6.07) is 9.77. The molecule has 2 N–H and O–H groups in total. The first-order valence-corrected chi connectivity index (χ1v) is 7.11. The van der Waals surface area contributed by atoms with Crippen LogP contribution in [-0.4, -0.2) is 20.7 Å². The van der Waals surface area contributed by atoms with Gasteiger partial charge in [0.1, 0.15) is 0 Å². The van der Waals surface area contributed by atoms with Crippen molar-refractivity contribution in [3.63, 3.8) is 0 Å². The van der Waals surface area contributed by atoms with Crippen molar-refractivity contribution in [3.8, 4) is 11.3 Å². The zero-order chi connectivity index (χ0) is 15.9. The molecule has 0 fully saturated rings. The maximum absolute atomic E-state index is 11.5. The van der Waals surface area contributed by atoms with Crippen molar-refractivity contribution in [2.24, 2.45) is 5.73 Å². The van der Waals surface area contributed by atoms with Gasteiger partial charge in [0.05, 0.1) is 17.4 Å². The van der Waals surface area contributed by atoms with Gasteiger partial charge in [0.15, 0.2) is 0 Å². The van der Waals surface area contributed by atoms with Crippen LogP contribution in [0.25, 0.3) is 22.2 Å². The van der Waals surface area contributed by atoms with E-state index in [1.807, 2.05) is 44.2 Å². The maximum atomic E-state index is 11.5. The Labute approximate surface area is 128 Å². The van der Waals surface area contributed by atoms with E-state index in [1.165, 1.54) is 11.6 Å². The lowest BCUT2D eigenvalue weighted by atomic mass is 9.97. The number of rotatable bonds is 2. The molecule has 0 spiro atoms. The van der Waals surface area contributed by atoms with Crippen molar-refractivity contribution in [1.82, 2.24) is 14.8 Å². The van der Waals surface area contributed by atoms with E-state index >= 15 is 0 Å². The molecule has 0 saturated carbocycles. The molecule has 0 saturated heterocycles. The molecular weight excluding hydrogens is 276 g/mol. The summed E-state index contributed by atoms with van der Waals surface area (Å²) in [5, 5.41) is 5.02. The van der Waals surface area contributed by atoms with E-state index in [1.54, 1.807) is 12.4 Å². The molecule has 5 nitrogen and oxygen atoms in total. The first-order chi connectivity index (χ1) is 10.4. The quantitative estimate of drug-likeness (QED) is 0.788. The number of pyridine rings is 1. The Bertz CT molecular complexity index is 841. The molecule has 3 aromatic rings. The Morgan fingerprint density at radius 1 is 1.18 bits per heavy atom. The van der Waals surface area contributed by atoms with E-state index in [0.717, 1.165) is 27.7 Å². The minimum atomic E-state index is -0.405. The third kappa shape index (κ3) is 2.51. The average Bonchev–Trinajstić information content (AvgIpc) is 2.89. The Balaban J connectivity index is 2.02. The normalized spacial score (nSPS) is 11.8. The van der Waals surface area contributed by atoms with Crippen LogP contribution in [0, 0.1) is 0 Å². The van der Waals surface area contributed by atoms with Gasteiger partial charge in [-0.2, -0.15) is 5.10 Å². The van der Waals surface area contributed by atoms with Crippen molar-refractivity contribution in [3.05, 3.63) is 48.3 Å². The van der Waals surface area contributed by atoms with Gasteiger partial charge in [-0.25, -0.2) is 4.68 Å². The van der Waals surface area contributed by atoms with Crippen LogP contribution in [0.2, 0.25) is 0 Å². The Morgan fingerprint density at radius 2 is 1.95 bits per heavy atom. The number of nitrogens with zero attached hydrogens (tertiary/aromatic N) is 3. The highest BCUT2D eigenvalue weighted by Gasteiger charge is 2.14. The number of carbonyl (C=O) groups excluding carboxylic acids is 1. The highest BCUT2D eigenvalue weighted by atomic mass is 16.2. The molecule has 0 aliphatic carbocycles. The highest BCUT2D eigenvalue weighted by molar-refractivity contribution is 5.91. The second-order valence-electron chi connectivity index (χ2n) is 6.00. The van der Waals surface area contributed by atoms with Crippen molar-refractivity contribution in [2.75, 3.05) is 0 Å². The smallest absolute Gasteiger partial charge is 0.244 e. The highest BCUT2D eigenvalue weighted by Crippen LogP contribution is 2.24. The van der Waals surface area contributed by atoms with Gasteiger partial charge in [-0.1, -0.05) is 12.1 Å². The molecule has 0 radical (unpaired) electrons. The molecule has 0 aliphatic rings. The molecular formula is C17H18N4O. The summed E-state index contributed by atoms with van der Waals surface area (Å²) < 4.78 is 1.40. The van der Waals surface area contributed by atoms with E-state index < -0.39 is 5.54 Å². The lowest BCUT2D eigenvalue weighted by molar-refractivity contribution is 0.0927. The van der Waals surface area contributed by atoms with Crippen LogP contribution in [0.1, 0.15) is 31.1 Å². The van der Waals surface area contributed by atoms with Crippen LogP contribution in [0.4, 0.5) is 0 Å². The summed E-state index contributed by atoms with van der Waals surface area (Å²) in [5.41, 5.74) is 9.30. The van der Waals surface area contributed by atoms with Crippen molar-refractivity contribution >= 4 is 16.8 Å². The molecule has 0 unspecified atom stereocenters. The summed E-state index contributed by atoms with van der Waals surface area (Å²) in [7, 11) is 0. The molecule has 2 aromatic heterocycles. The first kappa shape index (κ1) is 14.4. The van der Waals surface area contributed by atoms with Crippen LogP contribution < -0.4 is 5.73 Å². The van der Waals surface area contributed by atoms with Crippen LogP contribution in [-0.2, 0) is 5.54 Å². The number of aromatic nitrogens is 3. The number of carbonyl (C=O) groups is 1. The zero-order valence-corrected chi connectivity index (χ0v) is 12.9. The van der Waals surface area contributed by atoms with E-state index in [9.17, 15) is 4.79 Å². The molecule has 2 heterocycles. The number of hydrogen-bond acceptors (Lipinski definition) is 4. The van der Waals surface area contributed by atoms with Crippen LogP contribution in [0.5, 0.6) is 0 Å². The van der Waals surface area contributed by atoms with Crippen LogP contribution in [0.3, 0.4) is 0 Å². The van der Waals surface area contributed by atoms with Gasteiger partial charge in [-0.3, -0.25) is 9.78 Å². The third-order valence-electron chi connectivity index (χ3n) is 3.67. The second-order valence-corrected chi connectivity index (χ2v) is 6.00. The topological polar surface area (TPSA) is 73.8 Å². The van der Waals surface area contributed by atoms with Crippen LogP contribution in [0.15, 0.2) is 42.7 Å². The molecule has 3 rings (SSSR count). The maximum Gasteiger partial charge on any atom is 0.244 e. The van der Waals surface area contributed by atoms with Gasteiger partial charge >= 0.3 is 0 Å². The van der Waals surface area contributed by atoms with Crippen molar-refractivity contribution < 1.29 is 4.79 Å². The summed E-state index contributed by atoms with van der Waals surface area (Å²) in [6.45, 7) is 5.40. The summed E-state index contributed by atoms with van der Waals surface area (Å²) in [5.74, 6) is -0.101. The Kier molecular flexibility index (Phi) is 3.30. The van der Waals surface area contributed by atoms with Crippen molar-refractivity contribution in [1.29, 1.82) is 0 Å². The Hall–Kier alpha value is -2.53. The molecule has 0 bridgehead atoms. The fourth-order valence-corrected chi connectivity index (χ4v) is 2.39. The molecule has 112 valence electrons. The Morgan fingerprint density at radius 3 is 2.55 bits per heavy atom. The van der Waals surface area contributed by atoms with E-state index in [4.69, 9.17) is 5.73 Å². The SMILES string of the molecule is CC(=O)n1ncc2cc(-c3ccc(C(C)(C)N)cn3)ccc21. The molecule has 0 aliphatic heterocycles. The predicted octanol–water partition coefficient (Wildman–Crippen LogP) is 2.95. The van der Waals surface area contributed by atoms with Crippen molar-refractivity contribution in [2.45, 2.75) is 26.3 Å². The molecule has 0 atom stereocenters. The van der Waals surface area contributed by atoms with E-state index in [-0.39, 0.29) is 5.91 Å². The lowest BCUT2D eigenvalue weighted by Crippen LogP contribution is -2.28. The molecule has 0 amide bonds. The molecule has 22 heavy (non-hydrogen) atoms. The molecule has 5 heteroatoms. The van der Waals surface area contributed by atoms with Crippen LogP contribution >= 0.6 is 0 Å². The van der Waals surface area contributed by atoms with Gasteiger partial charge in [-0.15, -0.1) is 0 Å². The van der Waals surface area contributed by atoms with Gasteiger partial charge < -0.3 is 5.73 Å². The number of nitrogens with two attached hydrogens (primary N) is 1. The minimum absolute atomic E-state index is 0.101. The predicted molar refractivity (Wildman–Crippen MR) is 86.5 cm³/mol. The number of hydrogen-bond donors (Lipinski definition) is 1. The van der Waals surface area contributed by atoms with Gasteiger partial charge in [0.2, 0.25) is 5.91 Å². The standard InChI is InChI=1S/C17H18N4O/c1-11(22)21-16-7-4-12(8-13(16)9-20-21)15-6-5-14(10-19-15)17(2,3)18/h4-10H,18H2,1-3H3. The van der Waals surface area contributed by atoms with E-state index in [0.29, 0.717) is 0 Å². The monoisotopic (exact) mass is 294 g/mol. The fraction of sp³-hybridized carbons (Fsp3) is 0.235. The number of benzene rings is 1. The fourth-order valence-electron chi connectivity index (χ4n) is 2.39. The van der Waals surface area contributed by atoms with Gasteiger partial charge in [0.25, 0.3) is 0 Å². The lowest BCUT2D eigenvalue weighted by Gasteiger charge is -2.18. The van der Waals surface area contributed by atoms with Gasteiger partial charge in [-0.05, 0) is 37.6 Å². The summed E-state index contributed by atoms with van der Waals surface area (Å²) >= 11 is 0. The first-order valence-electron chi connectivity index (χ1n) is 7.11. The minimum Gasteiger partial charge on any atom is -0.322 e. The largest absolute Gasteiger partial charge is 0.322 e. The van der Waals surface area contributed by atoms with E-state index in [2.05, 4.69) is 10.1 Å². The number of fused-ring (bicyclic) bond motifs is 1. The van der Waals surface area contributed by atoms with Gasteiger partial charge in [0, 0.05) is 29.6 Å². The zero-order valence-electron chi connectivity index (χ0n) is 12.9. The second kappa shape index (κ2) is 5.03. The average molecular weight is 294 g/mol. The third-order valence-corrected chi connectivity index (χ3v) is 3.67. The summed E-state index contributed by atoms with van der Waals surface area (Å²) in [4.78, 5) is 16.0.